The van der Waals surface area contributed by atoms with Crippen LogP contribution in [0.1, 0.15) is 24.0 Å². The van der Waals surface area contributed by atoms with E-state index in [1.807, 2.05) is 23.7 Å². The van der Waals surface area contributed by atoms with Gasteiger partial charge in [-0.25, -0.2) is 9.48 Å². The van der Waals surface area contributed by atoms with Crippen molar-refractivity contribution in [2.75, 3.05) is 0 Å². The van der Waals surface area contributed by atoms with Crippen LogP contribution in [0.3, 0.4) is 0 Å². The maximum atomic E-state index is 10.6. The highest BCUT2D eigenvalue weighted by Crippen LogP contribution is 2.31. The fourth-order valence-electron chi connectivity index (χ4n) is 2.20. The lowest BCUT2D eigenvalue weighted by Crippen LogP contribution is -2.01. The first-order valence-corrected chi connectivity index (χ1v) is 6.39. The molecule has 0 bridgehead atoms. The van der Waals surface area contributed by atoms with Gasteiger partial charge in [0.15, 0.2) is 0 Å². The first-order valence-electron chi connectivity index (χ1n) is 6.39. The molecule has 1 aromatic heterocycles. The lowest BCUT2D eigenvalue weighted by atomic mass is 10.1. The summed E-state index contributed by atoms with van der Waals surface area (Å²) in [6.45, 7) is 2.88. The zero-order chi connectivity index (χ0) is 13.4. The van der Waals surface area contributed by atoms with Gasteiger partial charge in [-0.1, -0.05) is 11.3 Å². The van der Waals surface area contributed by atoms with Crippen LogP contribution in [0.5, 0.6) is 0 Å². The van der Waals surface area contributed by atoms with Crippen molar-refractivity contribution in [2.24, 2.45) is 5.92 Å². The van der Waals surface area contributed by atoms with Crippen molar-refractivity contribution in [2.45, 2.75) is 26.3 Å². The molecule has 0 atom stereocenters. The molecule has 19 heavy (non-hydrogen) atoms. The molecule has 0 unspecified atom stereocenters. The summed E-state index contributed by atoms with van der Waals surface area (Å²) in [5.41, 5.74) is 3.72. The second-order valence-electron chi connectivity index (χ2n) is 5.03. The average Bonchev–Trinajstić information content (AvgIpc) is 3.09. The summed E-state index contributed by atoms with van der Waals surface area (Å²) in [5, 5.41) is 17.1. The van der Waals surface area contributed by atoms with Crippen LogP contribution in [-0.2, 0) is 11.3 Å². The minimum Gasteiger partial charge on any atom is -0.478 e. The van der Waals surface area contributed by atoms with E-state index in [0.717, 1.165) is 40.7 Å². The van der Waals surface area contributed by atoms with E-state index in [1.165, 1.54) is 12.8 Å². The maximum absolute atomic E-state index is 10.6. The Morgan fingerprint density at radius 1 is 1.53 bits per heavy atom. The van der Waals surface area contributed by atoms with Gasteiger partial charge in [-0.2, -0.15) is 0 Å². The molecule has 1 aromatic carbocycles. The second-order valence-corrected chi connectivity index (χ2v) is 5.03. The monoisotopic (exact) mass is 257 g/mol. The van der Waals surface area contributed by atoms with E-state index in [2.05, 4.69) is 10.3 Å². The lowest BCUT2D eigenvalue weighted by molar-refractivity contribution is -0.131. The molecule has 1 N–H and O–H groups in total. The van der Waals surface area contributed by atoms with Gasteiger partial charge >= 0.3 is 5.97 Å². The van der Waals surface area contributed by atoms with Gasteiger partial charge in [-0.15, -0.1) is 5.10 Å². The summed E-state index contributed by atoms with van der Waals surface area (Å²) in [4.78, 5) is 10.6. The molecule has 1 heterocycles. The Labute approximate surface area is 110 Å². The molecule has 1 fully saturated rings. The summed E-state index contributed by atoms with van der Waals surface area (Å²) in [6, 6.07) is 3.89. The molecule has 98 valence electrons. The number of benzene rings is 1. The van der Waals surface area contributed by atoms with Gasteiger partial charge in [0, 0.05) is 12.6 Å². The molecule has 3 rings (SSSR count). The zero-order valence-electron chi connectivity index (χ0n) is 10.7. The molecule has 0 aliphatic heterocycles. The summed E-state index contributed by atoms with van der Waals surface area (Å²) in [7, 11) is 0. The average molecular weight is 257 g/mol. The first kappa shape index (κ1) is 11.9. The van der Waals surface area contributed by atoms with E-state index in [4.69, 9.17) is 5.11 Å². The number of carbonyl (C=O) groups is 1. The topological polar surface area (TPSA) is 68.0 Å². The highest BCUT2D eigenvalue weighted by molar-refractivity contribution is 5.88. The van der Waals surface area contributed by atoms with E-state index < -0.39 is 5.97 Å². The Bertz CT molecular complexity index is 669. The van der Waals surface area contributed by atoms with Crippen molar-refractivity contribution in [3.8, 4) is 0 Å². The van der Waals surface area contributed by atoms with Crippen molar-refractivity contribution in [1.29, 1.82) is 0 Å². The Balaban J connectivity index is 2.00. The molecule has 0 saturated heterocycles. The summed E-state index contributed by atoms with van der Waals surface area (Å²) in [6.07, 6.45) is 5.29. The van der Waals surface area contributed by atoms with Gasteiger partial charge in [0.05, 0.1) is 5.52 Å². The number of hydrogen-bond acceptors (Lipinski definition) is 3. The maximum Gasteiger partial charge on any atom is 0.328 e. The van der Waals surface area contributed by atoms with E-state index >= 15 is 0 Å². The summed E-state index contributed by atoms with van der Waals surface area (Å²) >= 11 is 0. The van der Waals surface area contributed by atoms with Gasteiger partial charge in [0.25, 0.3) is 0 Å². The molecule has 0 radical (unpaired) electrons. The van der Waals surface area contributed by atoms with Crippen LogP contribution in [0.2, 0.25) is 0 Å². The lowest BCUT2D eigenvalue weighted by Gasteiger charge is -2.03. The quantitative estimate of drug-likeness (QED) is 0.853. The number of aliphatic carboxylic acids is 1. The molecule has 0 amide bonds. The number of aryl methyl sites for hydroxylation is 1. The third kappa shape index (κ3) is 2.36. The molecule has 2 aromatic rings. The van der Waals surface area contributed by atoms with Gasteiger partial charge in [-0.3, -0.25) is 0 Å². The van der Waals surface area contributed by atoms with Crippen LogP contribution < -0.4 is 0 Å². The SMILES string of the molecule is Cc1c(/C=C/C(=O)O)ccc2c1nnn2CC1CC1. The standard InChI is InChI=1S/C14H15N3O2/c1-9-11(5-7-13(18)19)4-6-12-14(9)15-16-17(12)8-10-2-3-10/h4-7,10H,2-3,8H2,1H3,(H,18,19)/b7-5+. The van der Waals surface area contributed by atoms with Crippen LogP contribution >= 0.6 is 0 Å². The predicted molar refractivity (Wildman–Crippen MR) is 71.7 cm³/mol. The van der Waals surface area contributed by atoms with Crippen LogP contribution in [-0.4, -0.2) is 26.1 Å². The third-order valence-electron chi connectivity index (χ3n) is 3.52. The van der Waals surface area contributed by atoms with Gasteiger partial charge in [0.1, 0.15) is 5.52 Å². The van der Waals surface area contributed by atoms with E-state index in [9.17, 15) is 4.79 Å². The number of nitrogens with zero attached hydrogens (tertiary/aromatic N) is 3. The van der Waals surface area contributed by atoms with Crippen LogP contribution in [0.25, 0.3) is 17.1 Å². The Hall–Kier alpha value is -2.17. The molecule has 1 aliphatic carbocycles. The van der Waals surface area contributed by atoms with E-state index in [1.54, 1.807) is 6.08 Å². The number of rotatable bonds is 4. The normalized spacial score (nSPS) is 15.4. The zero-order valence-corrected chi connectivity index (χ0v) is 10.7. The third-order valence-corrected chi connectivity index (χ3v) is 3.52. The minimum atomic E-state index is -0.947. The number of carboxylic acid groups (broad SMARTS) is 1. The van der Waals surface area contributed by atoms with Crippen molar-refractivity contribution >= 4 is 23.1 Å². The van der Waals surface area contributed by atoms with Crippen molar-refractivity contribution < 1.29 is 9.90 Å². The molecular weight excluding hydrogens is 242 g/mol. The number of aromatic nitrogens is 3. The van der Waals surface area contributed by atoms with Gasteiger partial charge < -0.3 is 5.11 Å². The highest BCUT2D eigenvalue weighted by atomic mass is 16.4. The Morgan fingerprint density at radius 3 is 3.00 bits per heavy atom. The van der Waals surface area contributed by atoms with E-state index in [-0.39, 0.29) is 0 Å². The predicted octanol–water partition coefficient (Wildman–Crippen LogP) is 2.25. The second kappa shape index (κ2) is 4.50. The van der Waals surface area contributed by atoms with Crippen molar-refractivity contribution in [1.82, 2.24) is 15.0 Å². The fraction of sp³-hybridized carbons (Fsp3) is 0.357. The highest BCUT2D eigenvalue weighted by Gasteiger charge is 2.23. The smallest absolute Gasteiger partial charge is 0.328 e. The molecular formula is C14H15N3O2. The number of carboxylic acids is 1. The molecule has 0 spiro atoms. The Morgan fingerprint density at radius 2 is 2.32 bits per heavy atom. The van der Waals surface area contributed by atoms with Crippen molar-refractivity contribution in [3.63, 3.8) is 0 Å². The van der Waals surface area contributed by atoms with Crippen LogP contribution in [0.4, 0.5) is 0 Å². The number of hydrogen-bond donors (Lipinski definition) is 1. The summed E-state index contributed by atoms with van der Waals surface area (Å²) < 4.78 is 1.95. The van der Waals surface area contributed by atoms with Crippen LogP contribution in [0.15, 0.2) is 18.2 Å². The molecule has 5 nitrogen and oxygen atoms in total. The van der Waals surface area contributed by atoms with E-state index in [0.29, 0.717) is 0 Å². The Kier molecular flexibility index (Phi) is 2.81. The van der Waals surface area contributed by atoms with Crippen LogP contribution in [0, 0.1) is 12.8 Å². The molecule has 1 saturated carbocycles. The fourth-order valence-corrected chi connectivity index (χ4v) is 2.20. The van der Waals surface area contributed by atoms with Gasteiger partial charge in [0.2, 0.25) is 0 Å². The molecule has 1 aliphatic rings. The van der Waals surface area contributed by atoms with Gasteiger partial charge in [-0.05, 0) is 49.0 Å². The van der Waals surface area contributed by atoms with Crippen molar-refractivity contribution in [3.05, 3.63) is 29.3 Å². The summed E-state index contributed by atoms with van der Waals surface area (Å²) in [5.74, 6) is -0.200. The molecule has 5 heteroatoms. The number of fused-ring (bicyclic) bond motifs is 1. The minimum absolute atomic E-state index is 0.747. The first-order chi connectivity index (χ1) is 9.15. The largest absolute Gasteiger partial charge is 0.478 e.